The average Bonchev–Trinajstić information content (AvgIpc) is 2.52. The van der Waals surface area contributed by atoms with Crippen LogP contribution in [0.3, 0.4) is 0 Å². The summed E-state index contributed by atoms with van der Waals surface area (Å²) < 4.78 is 5.95. The molecule has 0 amide bonds. The van der Waals surface area contributed by atoms with Gasteiger partial charge < -0.3 is 10.1 Å². The van der Waals surface area contributed by atoms with Crippen LogP contribution >= 0.6 is 0 Å². The van der Waals surface area contributed by atoms with Gasteiger partial charge in [0.05, 0.1) is 0 Å². The van der Waals surface area contributed by atoms with Crippen LogP contribution < -0.4 is 5.32 Å². The molecular weight excluding hydrogens is 250 g/mol. The Bertz CT molecular complexity index is 374. The van der Waals surface area contributed by atoms with E-state index in [1.54, 1.807) is 0 Å². The number of nitrogens with zero attached hydrogens (tertiary/aromatic N) is 2. The third kappa shape index (κ3) is 4.25. The van der Waals surface area contributed by atoms with Gasteiger partial charge in [-0.2, -0.15) is 0 Å². The number of rotatable bonds is 7. The molecule has 4 heteroatoms. The zero-order valence-electron chi connectivity index (χ0n) is 12.8. The summed E-state index contributed by atoms with van der Waals surface area (Å²) in [5.41, 5.74) is 1.13. The molecule has 112 valence electrons. The molecule has 1 aliphatic carbocycles. The van der Waals surface area contributed by atoms with Gasteiger partial charge in [-0.15, -0.1) is 0 Å². The molecule has 2 rings (SSSR count). The minimum absolute atomic E-state index is 0.0773. The highest BCUT2D eigenvalue weighted by atomic mass is 16.5. The second kappa shape index (κ2) is 8.32. The predicted octanol–water partition coefficient (Wildman–Crippen LogP) is 3.24. The van der Waals surface area contributed by atoms with Gasteiger partial charge >= 0.3 is 0 Å². The molecule has 1 aliphatic rings. The maximum atomic E-state index is 5.95. The maximum absolute atomic E-state index is 5.95. The third-order valence-corrected chi connectivity index (χ3v) is 3.98. The van der Waals surface area contributed by atoms with Crippen molar-refractivity contribution in [2.24, 2.45) is 5.92 Å². The average molecular weight is 277 g/mol. The topological polar surface area (TPSA) is 47.0 Å². The summed E-state index contributed by atoms with van der Waals surface area (Å²) in [5.74, 6) is 1.45. The summed E-state index contributed by atoms with van der Waals surface area (Å²) in [6.45, 7) is 6.67. The Labute approximate surface area is 122 Å². The van der Waals surface area contributed by atoms with Crippen LogP contribution in [0.1, 0.15) is 63.4 Å². The lowest BCUT2D eigenvalue weighted by molar-refractivity contribution is -0.000230. The van der Waals surface area contributed by atoms with Gasteiger partial charge in [-0.25, -0.2) is 9.97 Å². The van der Waals surface area contributed by atoms with E-state index in [2.05, 4.69) is 29.1 Å². The van der Waals surface area contributed by atoms with Crippen molar-refractivity contribution in [1.82, 2.24) is 15.3 Å². The second-order valence-electron chi connectivity index (χ2n) is 5.50. The van der Waals surface area contributed by atoms with E-state index in [9.17, 15) is 0 Å². The molecule has 1 fully saturated rings. The van der Waals surface area contributed by atoms with Gasteiger partial charge in [-0.05, 0) is 32.2 Å². The van der Waals surface area contributed by atoms with Gasteiger partial charge in [0.25, 0.3) is 0 Å². The minimum Gasteiger partial charge on any atom is -0.370 e. The molecule has 0 spiro atoms. The molecule has 0 aromatic carbocycles. The quantitative estimate of drug-likeness (QED) is 0.831. The molecule has 1 heterocycles. The fourth-order valence-electron chi connectivity index (χ4n) is 2.91. The third-order valence-electron chi connectivity index (χ3n) is 3.98. The summed E-state index contributed by atoms with van der Waals surface area (Å²) >= 11 is 0. The van der Waals surface area contributed by atoms with Crippen LogP contribution in [0.5, 0.6) is 0 Å². The van der Waals surface area contributed by atoms with Crippen molar-refractivity contribution >= 4 is 0 Å². The number of ether oxygens (including phenoxy) is 1. The molecule has 0 saturated heterocycles. The van der Waals surface area contributed by atoms with Crippen molar-refractivity contribution in [1.29, 1.82) is 0 Å². The van der Waals surface area contributed by atoms with Crippen LogP contribution in [0.2, 0.25) is 0 Å². The number of hydrogen-bond acceptors (Lipinski definition) is 4. The molecule has 0 radical (unpaired) electrons. The van der Waals surface area contributed by atoms with E-state index >= 15 is 0 Å². The molecule has 1 aromatic heterocycles. The van der Waals surface area contributed by atoms with Crippen molar-refractivity contribution in [3.8, 4) is 0 Å². The Hall–Kier alpha value is -1.00. The number of hydrogen-bond donors (Lipinski definition) is 1. The first kappa shape index (κ1) is 15.4. The van der Waals surface area contributed by atoms with Gasteiger partial charge in [0.2, 0.25) is 0 Å². The molecule has 1 unspecified atom stereocenters. The Morgan fingerprint density at radius 1 is 1.20 bits per heavy atom. The van der Waals surface area contributed by atoms with Crippen LogP contribution in [0.15, 0.2) is 12.4 Å². The summed E-state index contributed by atoms with van der Waals surface area (Å²) in [6, 6.07) is 0. The van der Waals surface area contributed by atoms with Crippen molar-refractivity contribution < 1.29 is 4.74 Å². The lowest BCUT2D eigenvalue weighted by Gasteiger charge is -2.29. The van der Waals surface area contributed by atoms with Gasteiger partial charge in [-0.3, -0.25) is 0 Å². The van der Waals surface area contributed by atoms with Gasteiger partial charge in [0.15, 0.2) is 5.82 Å². The second-order valence-corrected chi connectivity index (χ2v) is 5.50. The predicted molar refractivity (Wildman–Crippen MR) is 80.4 cm³/mol. The molecule has 0 bridgehead atoms. The first-order valence-electron chi connectivity index (χ1n) is 7.98. The Morgan fingerprint density at radius 2 is 1.90 bits per heavy atom. The molecule has 1 saturated carbocycles. The standard InChI is InChI=1S/C16H27N3O/c1-3-17-10-13-11-18-16(19-12-13)15(20-4-2)14-8-6-5-7-9-14/h11-12,14-15,17H,3-10H2,1-2H3. The summed E-state index contributed by atoms with van der Waals surface area (Å²) in [6.07, 6.45) is 10.4. The largest absolute Gasteiger partial charge is 0.370 e. The van der Waals surface area contributed by atoms with Crippen molar-refractivity contribution in [2.45, 2.75) is 58.6 Å². The van der Waals surface area contributed by atoms with E-state index in [4.69, 9.17) is 4.74 Å². The minimum atomic E-state index is 0.0773. The molecule has 20 heavy (non-hydrogen) atoms. The van der Waals surface area contributed by atoms with E-state index in [0.29, 0.717) is 5.92 Å². The maximum Gasteiger partial charge on any atom is 0.157 e. The lowest BCUT2D eigenvalue weighted by Crippen LogP contribution is -2.21. The Balaban J connectivity index is 2.04. The first-order chi connectivity index (χ1) is 9.85. The fraction of sp³-hybridized carbons (Fsp3) is 0.750. The Morgan fingerprint density at radius 3 is 2.50 bits per heavy atom. The summed E-state index contributed by atoms with van der Waals surface area (Å²) in [5, 5.41) is 3.29. The zero-order valence-corrected chi connectivity index (χ0v) is 12.8. The van der Waals surface area contributed by atoms with Crippen LogP contribution in [0.4, 0.5) is 0 Å². The Kier molecular flexibility index (Phi) is 6.40. The summed E-state index contributed by atoms with van der Waals surface area (Å²) in [4.78, 5) is 9.10. The van der Waals surface area contributed by atoms with E-state index < -0.39 is 0 Å². The summed E-state index contributed by atoms with van der Waals surface area (Å²) in [7, 11) is 0. The molecule has 4 nitrogen and oxygen atoms in total. The highest BCUT2D eigenvalue weighted by molar-refractivity contribution is 5.07. The highest BCUT2D eigenvalue weighted by Crippen LogP contribution is 2.35. The van der Waals surface area contributed by atoms with Crippen LogP contribution in [-0.2, 0) is 11.3 Å². The number of aromatic nitrogens is 2. The van der Waals surface area contributed by atoms with E-state index in [0.717, 1.165) is 31.1 Å². The van der Waals surface area contributed by atoms with E-state index in [1.807, 2.05) is 12.4 Å². The van der Waals surface area contributed by atoms with Crippen molar-refractivity contribution in [3.05, 3.63) is 23.8 Å². The van der Waals surface area contributed by atoms with Gasteiger partial charge in [0.1, 0.15) is 6.10 Å². The highest BCUT2D eigenvalue weighted by Gasteiger charge is 2.27. The smallest absolute Gasteiger partial charge is 0.157 e. The molecule has 0 aliphatic heterocycles. The molecule has 1 N–H and O–H groups in total. The zero-order chi connectivity index (χ0) is 14.2. The first-order valence-corrected chi connectivity index (χ1v) is 7.98. The molecular formula is C16H27N3O. The van der Waals surface area contributed by atoms with Crippen LogP contribution in [0.25, 0.3) is 0 Å². The normalized spacial score (nSPS) is 18.1. The van der Waals surface area contributed by atoms with Crippen molar-refractivity contribution in [2.75, 3.05) is 13.2 Å². The lowest BCUT2D eigenvalue weighted by atomic mass is 9.85. The SMILES string of the molecule is CCNCc1cnc(C(OCC)C2CCCCC2)nc1. The van der Waals surface area contributed by atoms with Gasteiger partial charge in [0, 0.05) is 31.1 Å². The number of nitrogens with one attached hydrogen (secondary N) is 1. The van der Waals surface area contributed by atoms with Crippen molar-refractivity contribution in [3.63, 3.8) is 0 Å². The van der Waals surface area contributed by atoms with Crippen LogP contribution in [-0.4, -0.2) is 23.1 Å². The molecule has 1 atom stereocenters. The van der Waals surface area contributed by atoms with E-state index in [1.165, 1.54) is 32.1 Å². The van der Waals surface area contributed by atoms with Crippen LogP contribution in [0, 0.1) is 5.92 Å². The monoisotopic (exact) mass is 277 g/mol. The van der Waals surface area contributed by atoms with E-state index in [-0.39, 0.29) is 6.10 Å². The fourth-order valence-corrected chi connectivity index (χ4v) is 2.91. The van der Waals surface area contributed by atoms with Gasteiger partial charge in [-0.1, -0.05) is 26.2 Å². The molecule has 1 aromatic rings.